The van der Waals surface area contributed by atoms with E-state index in [0.717, 1.165) is 5.56 Å². The van der Waals surface area contributed by atoms with Crippen LogP contribution in [0.1, 0.15) is 5.56 Å². The zero-order valence-electron chi connectivity index (χ0n) is 5.21. The van der Waals surface area contributed by atoms with Gasteiger partial charge in [-0.05, 0) is 17.7 Å². The Hall–Kier alpha value is -1.02. The van der Waals surface area contributed by atoms with E-state index in [1.165, 1.54) is 6.21 Å². The number of halogens is 1. The molecule has 0 saturated heterocycles. The normalized spacial score (nSPS) is 10.5. The van der Waals surface area contributed by atoms with Crippen LogP contribution in [0.3, 0.4) is 0 Å². The topological polar surface area (TPSA) is 36.2 Å². The molecule has 1 aromatic rings. The number of rotatable bonds is 1. The lowest BCUT2D eigenvalue weighted by Gasteiger charge is -1.89. The van der Waals surface area contributed by atoms with Crippen molar-refractivity contribution in [3.63, 3.8) is 0 Å². The molecule has 0 aromatic heterocycles. The first-order valence-electron chi connectivity index (χ1n) is 2.78. The fraction of sp³-hybridized carbons (Fsp3) is 0. The molecule has 0 spiro atoms. The van der Waals surface area contributed by atoms with Crippen molar-refractivity contribution in [3.05, 3.63) is 34.9 Å². The zero-order chi connectivity index (χ0) is 7.40. The van der Waals surface area contributed by atoms with Crippen LogP contribution in [0.25, 0.3) is 0 Å². The lowest BCUT2D eigenvalue weighted by molar-refractivity contribution is 1.20. The molecule has 0 heterocycles. The van der Waals surface area contributed by atoms with Gasteiger partial charge in [0.05, 0.1) is 6.21 Å². The first kappa shape index (κ1) is 7.09. The highest BCUT2D eigenvalue weighted by molar-refractivity contribution is 6.30. The summed E-state index contributed by atoms with van der Waals surface area (Å²) in [6, 6.07) is 7.14. The molecule has 0 aliphatic heterocycles. The molecular formula is C7H6ClN2. The van der Waals surface area contributed by atoms with Gasteiger partial charge in [-0.3, -0.25) is 0 Å². The third-order valence-electron chi connectivity index (χ3n) is 1.08. The second kappa shape index (κ2) is 3.22. The first-order valence-corrected chi connectivity index (χ1v) is 3.16. The minimum absolute atomic E-state index is 0.696. The molecule has 51 valence electrons. The smallest absolute Gasteiger partial charge is 0.0561 e. The van der Waals surface area contributed by atoms with Crippen LogP contribution in [0.5, 0.6) is 0 Å². The molecule has 1 rings (SSSR count). The maximum atomic E-state index is 6.53. The van der Waals surface area contributed by atoms with Gasteiger partial charge in [-0.25, -0.2) is 5.84 Å². The molecule has 0 atom stereocenters. The van der Waals surface area contributed by atoms with Crippen LogP contribution in [0.15, 0.2) is 29.4 Å². The van der Waals surface area contributed by atoms with E-state index >= 15 is 0 Å². The highest BCUT2D eigenvalue weighted by Crippen LogP contribution is 2.07. The SMILES string of the molecule is [NH]N=Cc1ccc(Cl)cc1. The van der Waals surface area contributed by atoms with E-state index in [2.05, 4.69) is 5.10 Å². The van der Waals surface area contributed by atoms with Crippen LogP contribution >= 0.6 is 11.6 Å². The molecule has 10 heavy (non-hydrogen) atoms. The minimum atomic E-state index is 0.696. The second-order valence-electron chi connectivity index (χ2n) is 1.81. The van der Waals surface area contributed by atoms with Gasteiger partial charge in [0, 0.05) is 5.02 Å². The van der Waals surface area contributed by atoms with Gasteiger partial charge < -0.3 is 0 Å². The highest BCUT2D eigenvalue weighted by Gasteiger charge is 1.86. The molecule has 0 aliphatic carbocycles. The van der Waals surface area contributed by atoms with Crippen LogP contribution < -0.4 is 5.84 Å². The Morgan fingerprint density at radius 1 is 1.30 bits per heavy atom. The molecule has 0 fully saturated rings. The van der Waals surface area contributed by atoms with Crippen molar-refractivity contribution >= 4 is 17.8 Å². The number of nitrogens with one attached hydrogen (secondary N) is 1. The number of nitrogens with zero attached hydrogens (tertiary/aromatic N) is 1. The van der Waals surface area contributed by atoms with E-state index in [1.807, 2.05) is 0 Å². The largest absolute Gasteiger partial charge is 0.205 e. The zero-order valence-corrected chi connectivity index (χ0v) is 5.97. The maximum Gasteiger partial charge on any atom is 0.0561 e. The molecular weight excluding hydrogens is 148 g/mol. The number of hydrogen-bond acceptors (Lipinski definition) is 1. The first-order chi connectivity index (χ1) is 4.83. The van der Waals surface area contributed by atoms with E-state index in [0.29, 0.717) is 5.02 Å². The summed E-state index contributed by atoms with van der Waals surface area (Å²) in [7, 11) is 0. The Bertz CT molecular complexity index is 228. The van der Waals surface area contributed by atoms with Crippen LogP contribution in [0.2, 0.25) is 5.02 Å². The summed E-state index contributed by atoms with van der Waals surface area (Å²) in [5.41, 5.74) is 0.888. The number of benzene rings is 1. The summed E-state index contributed by atoms with van der Waals surface area (Å²) < 4.78 is 0. The Morgan fingerprint density at radius 3 is 2.40 bits per heavy atom. The molecule has 3 heteroatoms. The molecule has 0 aliphatic rings. The van der Waals surface area contributed by atoms with Crippen molar-refractivity contribution < 1.29 is 0 Å². The molecule has 0 bridgehead atoms. The summed E-state index contributed by atoms with van der Waals surface area (Å²) in [6.45, 7) is 0. The monoisotopic (exact) mass is 153 g/mol. The van der Waals surface area contributed by atoms with Crippen LogP contribution in [0, 0.1) is 0 Å². The highest BCUT2D eigenvalue weighted by atomic mass is 35.5. The fourth-order valence-electron chi connectivity index (χ4n) is 0.623. The van der Waals surface area contributed by atoms with Gasteiger partial charge in [0.1, 0.15) is 0 Å². The predicted molar refractivity (Wildman–Crippen MR) is 42.1 cm³/mol. The van der Waals surface area contributed by atoms with Crippen LogP contribution in [-0.4, -0.2) is 6.21 Å². The summed E-state index contributed by atoms with van der Waals surface area (Å²) in [4.78, 5) is 0. The fourth-order valence-corrected chi connectivity index (χ4v) is 0.749. The molecule has 2 nitrogen and oxygen atoms in total. The van der Waals surface area contributed by atoms with Crippen molar-refractivity contribution in [1.29, 1.82) is 0 Å². The van der Waals surface area contributed by atoms with E-state index in [4.69, 9.17) is 17.4 Å². The van der Waals surface area contributed by atoms with Crippen molar-refractivity contribution in [2.24, 2.45) is 5.10 Å². The molecule has 0 amide bonds. The van der Waals surface area contributed by atoms with Crippen LogP contribution in [-0.2, 0) is 0 Å². The molecule has 0 unspecified atom stereocenters. The summed E-state index contributed by atoms with van der Waals surface area (Å²) in [6.07, 6.45) is 1.45. The van der Waals surface area contributed by atoms with Crippen molar-refractivity contribution in [3.8, 4) is 0 Å². The Labute approximate surface area is 64.3 Å². The maximum absolute atomic E-state index is 6.53. The molecule has 1 aromatic carbocycles. The Kier molecular flexibility index (Phi) is 2.29. The summed E-state index contributed by atoms with van der Waals surface area (Å²) in [5.74, 6) is 6.53. The van der Waals surface area contributed by atoms with Crippen molar-refractivity contribution in [1.82, 2.24) is 5.84 Å². The van der Waals surface area contributed by atoms with Gasteiger partial charge in [0.15, 0.2) is 0 Å². The standard InChI is InChI=1S/C7H6ClN2/c8-7-3-1-6(2-4-7)5-10-9/h1-5,9H. The minimum Gasteiger partial charge on any atom is -0.205 e. The molecule has 0 saturated carbocycles. The Balaban J connectivity index is 2.89. The lowest BCUT2D eigenvalue weighted by atomic mass is 10.2. The average molecular weight is 154 g/mol. The third-order valence-corrected chi connectivity index (χ3v) is 1.34. The van der Waals surface area contributed by atoms with Gasteiger partial charge in [-0.1, -0.05) is 23.7 Å². The summed E-state index contributed by atoms with van der Waals surface area (Å²) >= 11 is 5.62. The number of hydrogen-bond donors (Lipinski definition) is 0. The quantitative estimate of drug-likeness (QED) is 0.437. The van der Waals surface area contributed by atoms with E-state index in [9.17, 15) is 0 Å². The lowest BCUT2D eigenvalue weighted by Crippen LogP contribution is -1.78. The summed E-state index contributed by atoms with van der Waals surface area (Å²) in [5, 5.41) is 3.81. The molecule has 1 N–H and O–H groups in total. The second-order valence-corrected chi connectivity index (χ2v) is 2.25. The predicted octanol–water partition coefficient (Wildman–Crippen LogP) is 1.96. The van der Waals surface area contributed by atoms with E-state index in [1.54, 1.807) is 24.3 Å². The van der Waals surface area contributed by atoms with Gasteiger partial charge in [-0.2, -0.15) is 5.10 Å². The van der Waals surface area contributed by atoms with Gasteiger partial charge in [0.2, 0.25) is 0 Å². The van der Waals surface area contributed by atoms with Crippen molar-refractivity contribution in [2.45, 2.75) is 0 Å². The van der Waals surface area contributed by atoms with Gasteiger partial charge >= 0.3 is 0 Å². The van der Waals surface area contributed by atoms with Gasteiger partial charge in [-0.15, -0.1) is 0 Å². The molecule has 1 radical (unpaired) electrons. The Morgan fingerprint density at radius 2 is 1.90 bits per heavy atom. The van der Waals surface area contributed by atoms with E-state index < -0.39 is 0 Å². The van der Waals surface area contributed by atoms with Crippen molar-refractivity contribution in [2.75, 3.05) is 0 Å². The van der Waals surface area contributed by atoms with Crippen LogP contribution in [0.4, 0.5) is 0 Å². The average Bonchev–Trinajstić information content (AvgIpc) is 1.95. The van der Waals surface area contributed by atoms with E-state index in [-0.39, 0.29) is 0 Å². The third kappa shape index (κ3) is 1.74. The van der Waals surface area contributed by atoms with Gasteiger partial charge in [0.25, 0.3) is 0 Å².